The minimum atomic E-state index is -4.21. The van der Waals surface area contributed by atoms with Crippen LogP contribution in [0.3, 0.4) is 0 Å². The molecule has 0 aromatic rings. The van der Waals surface area contributed by atoms with E-state index >= 15 is 0 Å². The molecule has 0 aliphatic carbocycles. The van der Waals surface area contributed by atoms with Crippen molar-refractivity contribution in [2.75, 3.05) is 13.2 Å². The van der Waals surface area contributed by atoms with Gasteiger partial charge in [-0.15, -0.1) is 0 Å². The fraction of sp³-hybridized carbons (Fsp3) is 0.714. The van der Waals surface area contributed by atoms with Gasteiger partial charge in [0, 0.05) is 12.7 Å². The first-order valence-electron chi connectivity index (χ1n) is 3.38. The van der Waals surface area contributed by atoms with Gasteiger partial charge in [-0.1, -0.05) is 13.0 Å². The number of rotatable bonds is 4. The molecule has 0 saturated heterocycles. The number of hydrogen-bond donors (Lipinski definition) is 0. The van der Waals surface area contributed by atoms with Crippen LogP contribution in [0.15, 0.2) is 12.2 Å². The minimum absolute atomic E-state index is 0.0351. The average Bonchev–Trinajstić information content (AvgIpc) is 1.85. The van der Waals surface area contributed by atoms with Crippen molar-refractivity contribution in [2.24, 2.45) is 0 Å². The summed E-state index contributed by atoms with van der Waals surface area (Å²) in [6.07, 6.45) is -2.24. The van der Waals surface area contributed by atoms with E-state index < -0.39 is 6.18 Å². The minimum Gasteiger partial charge on any atom is -0.377 e. The second-order valence-corrected chi connectivity index (χ2v) is 2.02. The third-order valence-electron chi connectivity index (χ3n) is 0.869. The van der Waals surface area contributed by atoms with Crippen molar-refractivity contribution in [1.82, 2.24) is 0 Å². The van der Waals surface area contributed by atoms with Gasteiger partial charge < -0.3 is 4.74 Å². The van der Waals surface area contributed by atoms with Crippen LogP contribution in [0.25, 0.3) is 0 Å². The van der Waals surface area contributed by atoms with E-state index in [4.69, 9.17) is 4.74 Å². The Balaban J connectivity index is 3.30. The molecule has 0 amide bonds. The van der Waals surface area contributed by atoms with Gasteiger partial charge in [0.2, 0.25) is 0 Å². The van der Waals surface area contributed by atoms with Crippen molar-refractivity contribution >= 4 is 0 Å². The summed E-state index contributed by atoms with van der Waals surface area (Å²) < 4.78 is 39.1. The van der Waals surface area contributed by atoms with E-state index in [0.717, 1.165) is 12.5 Å². The van der Waals surface area contributed by atoms with E-state index in [2.05, 4.69) is 0 Å². The highest BCUT2D eigenvalue weighted by molar-refractivity contribution is 4.88. The predicted octanol–water partition coefficient (Wildman–Crippen LogP) is 2.53. The van der Waals surface area contributed by atoms with Gasteiger partial charge in [-0.05, 0) is 6.42 Å². The lowest BCUT2D eigenvalue weighted by molar-refractivity contribution is -0.0803. The summed E-state index contributed by atoms with van der Waals surface area (Å²) >= 11 is 0. The first-order chi connectivity index (χ1) is 5.06. The lowest BCUT2D eigenvalue weighted by Crippen LogP contribution is -2.02. The van der Waals surface area contributed by atoms with Gasteiger partial charge in [-0.2, -0.15) is 13.2 Å². The van der Waals surface area contributed by atoms with Gasteiger partial charge >= 0.3 is 6.18 Å². The van der Waals surface area contributed by atoms with Crippen LogP contribution in [0.5, 0.6) is 0 Å². The van der Waals surface area contributed by atoms with E-state index in [1.807, 2.05) is 6.92 Å². The normalized spacial score (nSPS) is 12.7. The molecule has 0 radical (unpaired) electrons. The maximum Gasteiger partial charge on any atom is 0.409 e. The van der Waals surface area contributed by atoms with Crippen LogP contribution >= 0.6 is 0 Å². The first kappa shape index (κ1) is 10.5. The standard InChI is InChI=1S/C7H11F3O/c1-2-5-11-6-3-4-7(8,9)10/h3-4H,2,5-6H2,1H3. The van der Waals surface area contributed by atoms with Crippen LogP contribution < -0.4 is 0 Å². The molecular formula is C7H11F3O. The third-order valence-corrected chi connectivity index (χ3v) is 0.869. The zero-order valence-electron chi connectivity index (χ0n) is 6.32. The molecule has 1 nitrogen and oxygen atoms in total. The SMILES string of the molecule is CCCOCC=CC(F)(F)F. The third kappa shape index (κ3) is 9.49. The Morgan fingerprint density at radius 3 is 2.45 bits per heavy atom. The largest absolute Gasteiger partial charge is 0.409 e. The Kier molecular flexibility index (Phi) is 4.94. The van der Waals surface area contributed by atoms with Crippen LogP contribution in [0.4, 0.5) is 13.2 Å². The molecule has 4 heteroatoms. The summed E-state index contributed by atoms with van der Waals surface area (Å²) in [5.41, 5.74) is 0. The summed E-state index contributed by atoms with van der Waals surface area (Å²) in [7, 11) is 0. The molecule has 0 bridgehead atoms. The summed E-state index contributed by atoms with van der Waals surface area (Å²) in [6, 6.07) is 0. The molecule has 0 N–H and O–H groups in total. The van der Waals surface area contributed by atoms with Gasteiger partial charge in [0.25, 0.3) is 0 Å². The Labute approximate surface area is 63.8 Å². The Bertz CT molecular complexity index is 117. The molecule has 0 saturated carbocycles. The monoisotopic (exact) mass is 168 g/mol. The van der Waals surface area contributed by atoms with Crippen LogP contribution in [0, 0.1) is 0 Å². The van der Waals surface area contributed by atoms with E-state index in [0.29, 0.717) is 6.61 Å². The first-order valence-corrected chi connectivity index (χ1v) is 3.38. The zero-order chi connectivity index (χ0) is 8.74. The molecular weight excluding hydrogens is 157 g/mol. The van der Waals surface area contributed by atoms with Crippen molar-refractivity contribution < 1.29 is 17.9 Å². The number of ether oxygens (including phenoxy) is 1. The fourth-order valence-electron chi connectivity index (χ4n) is 0.477. The smallest absolute Gasteiger partial charge is 0.377 e. The number of hydrogen-bond acceptors (Lipinski definition) is 1. The molecule has 0 rings (SSSR count). The summed E-state index contributed by atoms with van der Waals surface area (Å²) in [5, 5.41) is 0. The van der Waals surface area contributed by atoms with Crippen molar-refractivity contribution in [3.8, 4) is 0 Å². The number of halogens is 3. The van der Waals surface area contributed by atoms with Crippen molar-refractivity contribution in [3.05, 3.63) is 12.2 Å². The van der Waals surface area contributed by atoms with E-state index in [9.17, 15) is 13.2 Å². The van der Waals surface area contributed by atoms with Crippen LogP contribution in [0.2, 0.25) is 0 Å². The molecule has 66 valence electrons. The summed E-state index contributed by atoms with van der Waals surface area (Å²) in [5.74, 6) is 0. The molecule has 0 fully saturated rings. The van der Waals surface area contributed by atoms with E-state index in [1.165, 1.54) is 0 Å². The molecule has 0 aromatic carbocycles. The second-order valence-electron chi connectivity index (χ2n) is 2.02. The average molecular weight is 168 g/mol. The van der Waals surface area contributed by atoms with Gasteiger partial charge in [0.05, 0.1) is 6.61 Å². The summed E-state index contributed by atoms with van der Waals surface area (Å²) in [6.45, 7) is 2.43. The molecule has 0 aromatic heterocycles. The van der Waals surface area contributed by atoms with Gasteiger partial charge in [0.15, 0.2) is 0 Å². The van der Waals surface area contributed by atoms with E-state index in [-0.39, 0.29) is 12.7 Å². The highest BCUT2D eigenvalue weighted by Gasteiger charge is 2.21. The molecule has 0 atom stereocenters. The van der Waals surface area contributed by atoms with Crippen LogP contribution in [0.1, 0.15) is 13.3 Å². The molecule has 0 heterocycles. The maximum atomic E-state index is 11.4. The molecule has 0 aliphatic rings. The van der Waals surface area contributed by atoms with Gasteiger partial charge in [-0.25, -0.2) is 0 Å². The topological polar surface area (TPSA) is 9.23 Å². The molecule has 0 unspecified atom stereocenters. The predicted molar refractivity (Wildman–Crippen MR) is 36.3 cm³/mol. The van der Waals surface area contributed by atoms with Crippen molar-refractivity contribution in [2.45, 2.75) is 19.5 Å². The summed E-state index contributed by atoms with van der Waals surface area (Å²) in [4.78, 5) is 0. The highest BCUT2D eigenvalue weighted by atomic mass is 19.4. The second kappa shape index (κ2) is 5.18. The quantitative estimate of drug-likeness (QED) is 0.463. The Hall–Kier alpha value is -0.510. The number of allylic oxidation sites excluding steroid dienone is 1. The number of alkyl halides is 3. The molecule has 0 spiro atoms. The van der Waals surface area contributed by atoms with Crippen LogP contribution in [-0.2, 0) is 4.74 Å². The molecule has 0 aliphatic heterocycles. The maximum absolute atomic E-state index is 11.4. The van der Waals surface area contributed by atoms with Gasteiger partial charge in [-0.3, -0.25) is 0 Å². The van der Waals surface area contributed by atoms with Crippen molar-refractivity contribution in [3.63, 3.8) is 0 Å². The Morgan fingerprint density at radius 1 is 1.36 bits per heavy atom. The van der Waals surface area contributed by atoms with Gasteiger partial charge in [0.1, 0.15) is 0 Å². The lowest BCUT2D eigenvalue weighted by Gasteiger charge is -1.98. The molecule has 11 heavy (non-hydrogen) atoms. The zero-order valence-corrected chi connectivity index (χ0v) is 6.32. The van der Waals surface area contributed by atoms with Crippen LogP contribution in [-0.4, -0.2) is 19.4 Å². The highest BCUT2D eigenvalue weighted by Crippen LogP contribution is 2.15. The Morgan fingerprint density at radius 2 is 2.00 bits per heavy atom. The van der Waals surface area contributed by atoms with Crippen molar-refractivity contribution in [1.29, 1.82) is 0 Å². The lowest BCUT2D eigenvalue weighted by atomic mass is 10.5. The van der Waals surface area contributed by atoms with E-state index in [1.54, 1.807) is 0 Å². The fourth-order valence-corrected chi connectivity index (χ4v) is 0.477.